The van der Waals surface area contributed by atoms with Crippen LogP contribution in [0.2, 0.25) is 0 Å². The maximum Gasteiger partial charge on any atom is 0.254 e. The number of aromatic nitrogens is 1. The third-order valence-electron chi connectivity index (χ3n) is 4.58. The van der Waals surface area contributed by atoms with E-state index < -0.39 is 0 Å². The van der Waals surface area contributed by atoms with Crippen molar-refractivity contribution in [3.05, 3.63) is 81.8 Å². The van der Waals surface area contributed by atoms with E-state index >= 15 is 0 Å². The Morgan fingerprint density at radius 1 is 1.19 bits per heavy atom. The maximum absolute atomic E-state index is 13.1. The van der Waals surface area contributed by atoms with Gasteiger partial charge in [0.15, 0.2) is 0 Å². The number of nitrogens with zero attached hydrogens (tertiary/aromatic N) is 2. The molecule has 27 heavy (non-hydrogen) atoms. The molecule has 0 atom stereocenters. The van der Waals surface area contributed by atoms with Crippen molar-refractivity contribution >= 4 is 17.2 Å². The number of aryl methyl sites for hydroxylation is 1. The van der Waals surface area contributed by atoms with Crippen LogP contribution in [0, 0.1) is 6.92 Å². The molecule has 1 heterocycles. The van der Waals surface area contributed by atoms with Crippen molar-refractivity contribution < 1.29 is 9.53 Å². The van der Waals surface area contributed by atoms with Crippen molar-refractivity contribution in [3.63, 3.8) is 0 Å². The summed E-state index contributed by atoms with van der Waals surface area (Å²) >= 11 is 1.61. The molecule has 4 rings (SSSR count). The molecule has 1 aromatic heterocycles. The Balaban J connectivity index is 1.47. The molecule has 3 aromatic rings. The van der Waals surface area contributed by atoms with E-state index in [0.29, 0.717) is 30.5 Å². The first-order valence-corrected chi connectivity index (χ1v) is 10.1. The van der Waals surface area contributed by atoms with Crippen LogP contribution in [-0.2, 0) is 13.2 Å². The van der Waals surface area contributed by atoms with E-state index in [9.17, 15) is 4.79 Å². The molecule has 5 heteroatoms. The van der Waals surface area contributed by atoms with Gasteiger partial charge in [0.05, 0.1) is 10.7 Å². The molecule has 1 fully saturated rings. The Labute approximate surface area is 163 Å². The van der Waals surface area contributed by atoms with E-state index in [-0.39, 0.29) is 5.91 Å². The highest BCUT2D eigenvalue weighted by Gasteiger charge is 2.33. The van der Waals surface area contributed by atoms with Crippen molar-refractivity contribution in [1.82, 2.24) is 9.88 Å². The van der Waals surface area contributed by atoms with E-state index in [0.717, 1.165) is 29.1 Å². The van der Waals surface area contributed by atoms with E-state index in [4.69, 9.17) is 4.74 Å². The van der Waals surface area contributed by atoms with Gasteiger partial charge >= 0.3 is 0 Å². The van der Waals surface area contributed by atoms with Gasteiger partial charge in [0.2, 0.25) is 0 Å². The molecule has 0 N–H and O–H groups in total. The number of ether oxygens (including phenoxy) is 1. The largest absolute Gasteiger partial charge is 0.487 e. The first-order valence-electron chi connectivity index (χ1n) is 9.18. The second kappa shape index (κ2) is 7.92. The van der Waals surface area contributed by atoms with Gasteiger partial charge < -0.3 is 9.64 Å². The normalized spacial score (nSPS) is 13.4. The van der Waals surface area contributed by atoms with Crippen LogP contribution >= 0.6 is 11.3 Å². The zero-order valence-corrected chi connectivity index (χ0v) is 16.1. The van der Waals surface area contributed by atoms with Gasteiger partial charge in [-0.25, -0.2) is 4.98 Å². The van der Waals surface area contributed by atoms with Crippen LogP contribution < -0.4 is 4.74 Å². The summed E-state index contributed by atoms with van der Waals surface area (Å²) in [5, 5.41) is 3.03. The van der Waals surface area contributed by atoms with Gasteiger partial charge in [0.25, 0.3) is 5.91 Å². The van der Waals surface area contributed by atoms with Crippen LogP contribution in [0.5, 0.6) is 5.75 Å². The number of rotatable bonds is 7. The lowest BCUT2D eigenvalue weighted by molar-refractivity contribution is 0.0729. The Morgan fingerprint density at radius 3 is 2.70 bits per heavy atom. The van der Waals surface area contributed by atoms with Crippen LogP contribution in [0.25, 0.3) is 0 Å². The van der Waals surface area contributed by atoms with Crippen molar-refractivity contribution in [2.24, 2.45) is 0 Å². The fourth-order valence-electron chi connectivity index (χ4n) is 3.05. The van der Waals surface area contributed by atoms with Crippen LogP contribution in [0.1, 0.15) is 39.5 Å². The monoisotopic (exact) mass is 378 g/mol. The Hall–Kier alpha value is -2.66. The van der Waals surface area contributed by atoms with E-state index in [1.54, 1.807) is 11.3 Å². The number of thiazole rings is 1. The van der Waals surface area contributed by atoms with Gasteiger partial charge in [-0.2, -0.15) is 0 Å². The summed E-state index contributed by atoms with van der Waals surface area (Å²) in [5.41, 5.74) is 2.74. The molecule has 1 aliphatic rings. The van der Waals surface area contributed by atoms with E-state index in [2.05, 4.69) is 17.1 Å². The zero-order valence-electron chi connectivity index (χ0n) is 15.3. The molecule has 0 aliphatic heterocycles. The second-order valence-corrected chi connectivity index (χ2v) is 7.89. The third-order valence-corrected chi connectivity index (χ3v) is 5.40. The molecule has 138 valence electrons. The first-order chi connectivity index (χ1) is 13.2. The minimum Gasteiger partial charge on any atom is -0.487 e. The van der Waals surface area contributed by atoms with Crippen molar-refractivity contribution in [3.8, 4) is 5.75 Å². The summed E-state index contributed by atoms with van der Waals surface area (Å²) in [7, 11) is 0. The quantitative estimate of drug-likeness (QED) is 0.591. The predicted octanol–water partition coefficient (Wildman–Crippen LogP) is 4.84. The molecule has 1 saturated carbocycles. The lowest BCUT2D eigenvalue weighted by atomic mass is 10.1. The first kappa shape index (κ1) is 17.7. The molecule has 1 amide bonds. The Bertz CT molecular complexity index is 919. The molecular weight excluding hydrogens is 356 g/mol. The molecule has 0 saturated heterocycles. The minimum absolute atomic E-state index is 0.0660. The summed E-state index contributed by atoms with van der Waals surface area (Å²) in [5.74, 6) is 0.762. The second-order valence-electron chi connectivity index (χ2n) is 6.82. The van der Waals surface area contributed by atoms with E-state index in [1.807, 2.05) is 59.7 Å². The zero-order chi connectivity index (χ0) is 18.6. The van der Waals surface area contributed by atoms with Crippen LogP contribution in [-0.4, -0.2) is 21.8 Å². The fraction of sp³-hybridized carbons (Fsp3) is 0.273. The van der Waals surface area contributed by atoms with E-state index in [1.165, 1.54) is 0 Å². The lowest BCUT2D eigenvalue weighted by Gasteiger charge is -2.23. The molecule has 4 nitrogen and oxygen atoms in total. The maximum atomic E-state index is 13.1. The average molecular weight is 378 g/mol. The van der Waals surface area contributed by atoms with Crippen LogP contribution in [0.3, 0.4) is 0 Å². The van der Waals surface area contributed by atoms with Crippen molar-refractivity contribution in [2.45, 2.75) is 39.0 Å². The SMILES string of the molecule is Cc1nc(COc2cccc(C(=O)N(Cc3ccccc3)C3CC3)c2)cs1. The number of carbonyl (C=O) groups excluding carboxylic acids is 1. The predicted molar refractivity (Wildman–Crippen MR) is 107 cm³/mol. The molecule has 0 spiro atoms. The topological polar surface area (TPSA) is 42.4 Å². The number of amides is 1. The number of carbonyl (C=O) groups is 1. The Morgan fingerprint density at radius 2 is 2.00 bits per heavy atom. The average Bonchev–Trinajstić information content (AvgIpc) is 3.46. The summed E-state index contributed by atoms with van der Waals surface area (Å²) in [4.78, 5) is 19.5. The molecule has 1 aliphatic carbocycles. The lowest BCUT2D eigenvalue weighted by Crippen LogP contribution is -2.32. The standard InChI is InChI=1S/C22H22N2O2S/c1-16-23-19(15-27-16)14-26-21-9-5-8-18(12-21)22(25)24(20-10-11-20)13-17-6-3-2-4-7-17/h2-9,12,15,20H,10-11,13-14H2,1H3. The molecule has 0 unspecified atom stereocenters. The minimum atomic E-state index is 0.0660. The fourth-order valence-corrected chi connectivity index (χ4v) is 3.65. The molecule has 0 bridgehead atoms. The molecular formula is C22H22N2O2S. The van der Waals surface area contributed by atoms with Gasteiger partial charge in [-0.3, -0.25) is 4.79 Å². The summed E-state index contributed by atoms with van der Waals surface area (Å²) in [6.45, 7) is 3.04. The molecule has 0 radical (unpaired) electrons. The van der Waals surface area contributed by atoms with Gasteiger partial charge in [0.1, 0.15) is 12.4 Å². The molecule has 2 aromatic carbocycles. The van der Waals surface area contributed by atoms with Gasteiger partial charge in [-0.05, 0) is 43.5 Å². The third kappa shape index (κ3) is 4.55. The highest BCUT2D eigenvalue weighted by Crippen LogP contribution is 2.30. The van der Waals surface area contributed by atoms with Crippen LogP contribution in [0.4, 0.5) is 0 Å². The smallest absolute Gasteiger partial charge is 0.254 e. The number of hydrogen-bond acceptors (Lipinski definition) is 4. The highest BCUT2D eigenvalue weighted by atomic mass is 32.1. The van der Waals surface area contributed by atoms with Crippen molar-refractivity contribution in [2.75, 3.05) is 0 Å². The van der Waals surface area contributed by atoms with Gasteiger partial charge in [-0.1, -0.05) is 36.4 Å². The summed E-state index contributed by atoms with van der Waals surface area (Å²) in [6, 6.07) is 18.0. The number of benzene rings is 2. The highest BCUT2D eigenvalue weighted by molar-refractivity contribution is 7.09. The van der Waals surface area contributed by atoms with Crippen LogP contribution in [0.15, 0.2) is 60.0 Å². The summed E-state index contributed by atoms with van der Waals surface area (Å²) in [6.07, 6.45) is 2.16. The number of hydrogen-bond donors (Lipinski definition) is 0. The van der Waals surface area contributed by atoms with Gasteiger partial charge in [0, 0.05) is 23.5 Å². The van der Waals surface area contributed by atoms with Crippen molar-refractivity contribution in [1.29, 1.82) is 0 Å². The Kier molecular flexibility index (Phi) is 5.21. The van der Waals surface area contributed by atoms with Gasteiger partial charge in [-0.15, -0.1) is 11.3 Å². The summed E-state index contributed by atoms with van der Waals surface area (Å²) < 4.78 is 5.84.